The number of carbonyl (C=O) groups is 5. The zero-order valence-electron chi connectivity index (χ0n) is 28.8. The Morgan fingerprint density at radius 3 is 2.06 bits per heavy atom. The number of anilines is 3. The molecule has 17 heteroatoms. The number of carbonyl (C=O) groups excluding carboxylic acids is 5. The Hall–Kier alpha value is -5.16. The molecule has 0 spiro atoms. The standard InChI is InChI=1S/C31H47N11O6/c1-31(2,3)48-30(47)36-21(10-11-32)26(43)34-19-15-23(41(7)16-19)28(45)38-24-18-42(8)25(37-24)29(46)35-20-14-22(40(6)17-20)27(44)33-12-9-13-39(4)5/h14-18,21H,9-13,32H2,1-8H3,(H,33,44)(H,34,43)(H,35,46)(H,36,47)(H,38,45). The number of hydrogen-bond acceptors (Lipinski definition) is 9. The zero-order valence-corrected chi connectivity index (χ0v) is 28.8. The average Bonchev–Trinajstić information content (AvgIpc) is 3.64. The molecular formula is C31H47N11O6. The van der Waals surface area contributed by atoms with Gasteiger partial charge in [0.05, 0.1) is 11.4 Å². The molecule has 7 N–H and O–H groups in total. The Bertz CT molecular complexity index is 1630. The van der Waals surface area contributed by atoms with Crippen molar-refractivity contribution >= 4 is 46.9 Å². The fourth-order valence-corrected chi connectivity index (χ4v) is 4.62. The summed E-state index contributed by atoms with van der Waals surface area (Å²) in [5.74, 6) is -1.73. The first-order chi connectivity index (χ1) is 22.5. The monoisotopic (exact) mass is 669 g/mol. The van der Waals surface area contributed by atoms with Crippen LogP contribution in [0.3, 0.4) is 0 Å². The van der Waals surface area contributed by atoms with Gasteiger partial charge in [0, 0.05) is 46.3 Å². The summed E-state index contributed by atoms with van der Waals surface area (Å²) in [4.78, 5) is 70.2. The van der Waals surface area contributed by atoms with Crippen LogP contribution in [0.5, 0.6) is 0 Å². The van der Waals surface area contributed by atoms with E-state index in [1.54, 1.807) is 58.7 Å². The van der Waals surface area contributed by atoms with E-state index in [2.05, 4.69) is 31.6 Å². The van der Waals surface area contributed by atoms with Gasteiger partial charge in [0.2, 0.25) is 11.7 Å². The average molecular weight is 670 g/mol. The number of aromatic nitrogens is 4. The van der Waals surface area contributed by atoms with E-state index in [0.29, 0.717) is 23.6 Å². The van der Waals surface area contributed by atoms with Crippen LogP contribution in [0.15, 0.2) is 30.7 Å². The number of hydrogen-bond donors (Lipinski definition) is 6. The van der Waals surface area contributed by atoms with E-state index in [4.69, 9.17) is 10.5 Å². The fraction of sp³-hybridized carbons (Fsp3) is 0.484. The highest BCUT2D eigenvalue weighted by atomic mass is 16.6. The van der Waals surface area contributed by atoms with Crippen molar-refractivity contribution in [3.05, 3.63) is 47.9 Å². The van der Waals surface area contributed by atoms with Gasteiger partial charge >= 0.3 is 6.09 Å². The van der Waals surface area contributed by atoms with Crippen LogP contribution in [-0.2, 0) is 30.7 Å². The zero-order chi connectivity index (χ0) is 35.8. The molecule has 0 aliphatic rings. The molecule has 48 heavy (non-hydrogen) atoms. The van der Waals surface area contributed by atoms with E-state index in [0.717, 1.165) is 13.0 Å². The van der Waals surface area contributed by atoms with Gasteiger partial charge in [0.15, 0.2) is 5.82 Å². The first kappa shape index (κ1) is 37.3. The van der Waals surface area contributed by atoms with Crippen molar-refractivity contribution in [2.45, 2.75) is 45.3 Å². The lowest BCUT2D eigenvalue weighted by Gasteiger charge is -2.23. The van der Waals surface area contributed by atoms with Crippen molar-refractivity contribution in [1.29, 1.82) is 0 Å². The highest BCUT2D eigenvalue weighted by Gasteiger charge is 2.25. The van der Waals surface area contributed by atoms with Gasteiger partial charge < -0.3 is 55.7 Å². The number of rotatable bonds is 14. The lowest BCUT2D eigenvalue weighted by atomic mass is 10.2. The van der Waals surface area contributed by atoms with Gasteiger partial charge in [-0.3, -0.25) is 19.2 Å². The molecule has 3 heterocycles. The van der Waals surface area contributed by atoms with Gasteiger partial charge in [-0.2, -0.15) is 0 Å². The number of nitrogens with one attached hydrogen (secondary N) is 5. The highest BCUT2D eigenvalue weighted by molar-refractivity contribution is 6.06. The Morgan fingerprint density at radius 1 is 0.875 bits per heavy atom. The van der Waals surface area contributed by atoms with Crippen molar-refractivity contribution in [3.8, 4) is 0 Å². The van der Waals surface area contributed by atoms with Gasteiger partial charge in [0.1, 0.15) is 23.0 Å². The minimum Gasteiger partial charge on any atom is -0.444 e. The summed E-state index contributed by atoms with van der Waals surface area (Å²) in [5.41, 5.74) is 6.18. The lowest BCUT2D eigenvalue weighted by Crippen LogP contribution is -2.46. The minimum absolute atomic E-state index is 0.0205. The predicted molar refractivity (Wildman–Crippen MR) is 181 cm³/mol. The smallest absolute Gasteiger partial charge is 0.408 e. The Balaban J connectivity index is 1.62. The maximum Gasteiger partial charge on any atom is 0.408 e. The van der Waals surface area contributed by atoms with E-state index >= 15 is 0 Å². The molecule has 3 rings (SSSR count). The van der Waals surface area contributed by atoms with E-state index in [-0.39, 0.29) is 36.2 Å². The minimum atomic E-state index is -0.960. The van der Waals surface area contributed by atoms with E-state index in [9.17, 15) is 24.0 Å². The molecule has 0 aliphatic heterocycles. The predicted octanol–water partition coefficient (Wildman–Crippen LogP) is 1.46. The Kier molecular flexibility index (Phi) is 12.5. The van der Waals surface area contributed by atoms with Crippen LogP contribution in [0.4, 0.5) is 22.0 Å². The molecule has 0 fully saturated rings. The van der Waals surface area contributed by atoms with Gasteiger partial charge in [0.25, 0.3) is 17.7 Å². The molecule has 17 nitrogen and oxygen atoms in total. The highest BCUT2D eigenvalue weighted by Crippen LogP contribution is 2.18. The molecule has 5 amide bonds. The van der Waals surface area contributed by atoms with Crippen LogP contribution in [-0.4, -0.2) is 98.7 Å². The summed E-state index contributed by atoms with van der Waals surface area (Å²) in [5, 5.41) is 13.5. The summed E-state index contributed by atoms with van der Waals surface area (Å²) >= 11 is 0. The molecule has 0 aliphatic carbocycles. The van der Waals surface area contributed by atoms with Crippen molar-refractivity contribution in [3.63, 3.8) is 0 Å². The summed E-state index contributed by atoms with van der Waals surface area (Å²) in [6.07, 6.45) is 4.85. The SMILES string of the molecule is CN(C)CCCNC(=O)c1cc(NC(=O)c2nc(NC(=O)c3cc(NC(=O)C(CCN)NC(=O)OC(C)(C)C)cn3C)cn2C)cn1C. The molecule has 1 atom stereocenters. The van der Waals surface area contributed by atoms with Crippen LogP contribution in [0.25, 0.3) is 0 Å². The molecule has 3 aromatic rings. The fourth-order valence-electron chi connectivity index (χ4n) is 4.62. The molecule has 262 valence electrons. The van der Waals surface area contributed by atoms with E-state index in [1.807, 2.05) is 19.0 Å². The third-order valence-corrected chi connectivity index (χ3v) is 6.85. The normalized spacial score (nSPS) is 12.0. The first-order valence-electron chi connectivity index (χ1n) is 15.4. The number of aryl methyl sites for hydroxylation is 3. The molecular weight excluding hydrogens is 622 g/mol. The number of amides is 5. The van der Waals surface area contributed by atoms with Crippen molar-refractivity contribution in [1.82, 2.24) is 34.2 Å². The third kappa shape index (κ3) is 10.7. The molecule has 0 bridgehead atoms. The molecule has 1 unspecified atom stereocenters. The number of nitrogens with zero attached hydrogens (tertiary/aromatic N) is 5. The summed E-state index contributed by atoms with van der Waals surface area (Å²) in [7, 11) is 8.86. The summed E-state index contributed by atoms with van der Waals surface area (Å²) in [6.45, 7) is 6.63. The topological polar surface area (TPSA) is 212 Å². The largest absolute Gasteiger partial charge is 0.444 e. The lowest BCUT2D eigenvalue weighted by molar-refractivity contribution is -0.118. The first-order valence-corrected chi connectivity index (χ1v) is 15.4. The van der Waals surface area contributed by atoms with Gasteiger partial charge in [-0.1, -0.05) is 0 Å². The number of alkyl carbamates (subject to hydrolysis) is 1. The maximum atomic E-state index is 13.1. The number of imidazole rings is 1. The third-order valence-electron chi connectivity index (χ3n) is 6.85. The second-order valence-electron chi connectivity index (χ2n) is 12.6. The second kappa shape index (κ2) is 16.1. The molecule has 0 aromatic carbocycles. The van der Waals surface area contributed by atoms with Gasteiger partial charge in [-0.05, 0) is 72.9 Å². The van der Waals surface area contributed by atoms with Crippen LogP contribution in [0.2, 0.25) is 0 Å². The molecule has 0 saturated heterocycles. The van der Waals surface area contributed by atoms with Crippen LogP contribution in [0, 0.1) is 0 Å². The number of ether oxygens (including phenoxy) is 1. The maximum absolute atomic E-state index is 13.1. The second-order valence-corrected chi connectivity index (χ2v) is 12.6. The van der Waals surface area contributed by atoms with Crippen molar-refractivity contribution in [2.75, 3.05) is 49.7 Å². The van der Waals surface area contributed by atoms with Crippen LogP contribution in [0.1, 0.15) is 65.2 Å². The van der Waals surface area contributed by atoms with E-state index < -0.39 is 35.5 Å². The Morgan fingerprint density at radius 2 is 1.48 bits per heavy atom. The van der Waals surface area contributed by atoms with Crippen LogP contribution >= 0.6 is 0 Å². The van der Waals surface area contributed by atoms with E-state index in [1.165, 1.54) is 27.6 Å². The molecule has 0 saturated carbocycles. The summed E-state index contributed by atoms with van der Waals surface area (Å²) in [6, 6.07) is 2.07. The Labute approximate surface area is 279 Å². The molecule has 3 aromatic heterocycles. The van der Waals surface area contributed by atoms with Crippen molar-refractivity contribution < 1.29 is 28.7 Å². The summed E-state index contributed by atoms with van der Waals surface area (Å²) < 4.78 is 9.82. The van der Waals surface area contributed by atoms with Crippen LogP contribution < -0.4 is 32.3 Å². The van der Waals surface area contributed by atoms with Gasteiger partial charge in [-0.15, -0.1) is 0 Å². The van der Waals surface area contributed by atoms with Crippen molar-refractivity contribution in [2.24, 2.45) is 26.9 Å². The van der Waals surface area contributed by atoms with Gasteiger partial charge in [-0.25, -0.2) is 9.78 Å². The number of nitrogens with two attached hydrogens (primary N) is 1. The molecule has 0 radical (unpaired) electrons. The quantitative estimate of drug-likeness (QED) is 0.137.